The third-order valence-electron chi connectivity index (χ3n) is 2.44. The van der Waals surface area contributed by atoms with Gasteiger partial charge in [0.15, 0.2) is 0 Å². The van der Waals surface area contributed by atoms with E-state index in [4.69, 9.17) is 21.7 Å². The predicted octanol–water partition coefficient (Wildman–Crippen LogP) is 0.661. The summed E-state index contributed by atoms with van der Waals surface area (Å²) >= 11 is 1.63. The number of nitrogens with one attached hydrogen (secondary N) is 1. The summed E-state index contributed by atoms with van der Waals surface area (Å²) in [5.41, 5.74) is 10.4. The highest BCUT2D eigenvalue weighted by atomic mass is 33.1. The maximum absolute atomic E-state index is 10.5. The summed E-state index contributed by atoms with van der Waals surface area (Å²) in [6.45, 7) is 3.96. The standard InChI is InChI=1S/C7H14N2O2S.C6H12N2O4S2/c1-7(2,12-4)5-9-11-6(10)8-3;7-3(5(9)10)1-13-14-2-4(8)6(11)12/h5H,1-4H3,(H,8,10);3-4H,1-2,7-8H2,(H,9,10)(H,11,12)/b9-5+;. The fourth-order valence-corrected chi connectivity index (χ4v) is 3.06. The lowest BCUT2D eigenvalue weighted by Gasteiger charge is -2.13. The Bertz CT molecular complexity index is 457. The van der Waals surface area contributed by atoms with E-state index in [9.17, 15) is 14.4 Å². The lowest BCUT2D eigenvalue weighted by molar-refractivity contribution is -0.138. The average Bonchev–Trinajstić information content (AvgIpc) is 2.58. The van der Waals surface area contributed by atoms with Crippen molar-refractivity contribution in [1.82, 2.24) is 5.32 Å². The van der Waals surface area contributed by atoms with Crippen LogP contribution in [0.1, 0.15) is 13.8 Å². The molecule has 10 nitrogen and oxygen atoms in total. The van der Waals surface area contributed by atoms with E-state index in [1.54, 1.807) is 18.0 Å². The summed E-state index contributed by atoms with van der Waals surface area (Å²) in [5, 5.41) is 22.6. The van der Waals surface area contributed by atoms with Gasteiger partial charge >= 0.3 is 18.0 Å². The SMILES string of the molecule is CNC(=O)O/N=C/C(C)(C)SC.NC(CSSCC(N)C(=O)O)C(=O)O. The van der Waals surface area contributed by atoms with Crippen LogP contribution in [0, 0.1) is 0 Å². The molecule has 0 aliphatic rings. The maximum atomic E-state index is 10.5. The molecule has 0 radical (unpaired) electrons. The first-order valence-corrected chi connectivity index (χ1v) is 10.9. The van der Waals surface area contributed by atoms with Crippen molar-refractivity contribution in [2.24, 2.45) is 16.6 Å². The van der Waals surface area contributed by atoms with Gasteiger partial charge in [0.1, 0.15) is 12.1 Å². The number of carboxylic acid groups (broad SMARTS) is 2. The normalized spacial score (nSPS) is 13.3. The van der Waals surface area contributed by atoms with Crippen molar-refractivity contribution in [1.29, 1.82) is 0 Å². The van der Waals surface area contributed by atoms with E-state index >= 15 is 0 Å². The monoisotopic (exact) mass is 430 g/mol. The first kappa shape index (κ1) is 27.1. The van der Waals surface area contributed by atoms with Crippen molar-refractivity contribution in [2.45, 2.75) is 30.7 Å². The molecule has 0 fully saturated rings. The molecule has 0 saturated carbocycles. The Morgan fingerprint density at radius 3 is 1.88 bits per heavy atom. The molecule has 0 aromatic heterocycles. The van der Waals surface area contributed by atoms with Crippen molar-refractivity contribution in [3.8, 4) is 0 Å². The Hall–Kier alpha value is -1.15. The minimum atomic E-state index is -1.07. The minimum Gasteiger partial charge on any atom is -0.480 e. The van der Waals surface area contributed by atoms with Crippen LogP contribution in [0.4, 0.5) is 4.79 Å². The molecule has 13 heteroatoms. The fraction of sp³-hybridized carbons (Fsp3) is 0.692. The number of carbonyl (C=O) groups excluding carboxylic acids is 1. The Morgan fingerprint density at radius 1 is 1.15 bits per heavy atom. The van der Waals surface area contributed by atoms with E-state index in [-0.39, 0.29) is 16.3 Å². The van der Waals surface area contributed by atoms with E-state index in [1.165, 1.54) is 28.6 Å². The van der Waals surface area contributed by atoms with E-state index in [0.717, 1.165) is 0 Å². The summed E-state index contributed by atoms with van der Waals surface area (Å²) in [7, 11) is 3.89. The topological polar surface area (TPSA) is 177 Å². The lowest BCUT2D eigenvalue weighted by atomic mass is 10.2. The van der Waals surface area contributed by atoms with Crippen molar-refractivity contribution in [3.05, 3.63) is 0 Å². The summed E-state index contributed by atoms with van der Waals surface area (Å²) in [5.74, 6) is -1.68. The van der Waals surface area contributed by atoms with Crippen molar-refractivity contribution >= 4 is 57.6 Å². The van der Waals surface area contributed by atoms with Crippen LogP contribution in [0.25, 0.3) is 0 Å². The molecule has 26 heavy (non-hydrogen) atoms. The highest BCUT2D eigenvalue weighted by molar-refractivity contribution is 8.76. The van der Waals surface area contributed by atoms with E-state index in [2.05, 4.69) is 15.3 Å². The number of hydrogen-bond donors (Lipinski definition) is 5. The van der Waals surface area contributed by atoms with Gasteiger partial charge < -0.3 is 27.0 Å². The van der Waals surface area contributed by atoms with Crippen LogP contribution >= 0.6 is 33.3 Å². The molecule has 2 atom stereocenters. The number of rotatable bonds is 10. The first-order valence-electron chi connectivity index (χ1n) is 7.16. The molecule has 0 rings (SSSR count). The molecule has 0 aromatic carbocycles. The van der Waals surface area contributed by atoms with Gasteiger partial charge in [-0.05, 0) is 20.1 Å². The molecule has 7 N–H and O–H groups in total. The fourth-order valence-electron chi connectivity index (χ4n) is 0.685. The number of amides is 1. The van der Waals surface area contributed by atoms with Gasteiger partial charge in [-0.2, -0.15) is 11.8 Å². The Morgan fingerprint density at radius 2 is 1.58 bits per heavy atom. The lowest BCUT2D eigenvalue weighted by Crippen LogP contribution is -2.33. The second kappa shape index (κ2) is 15.0. The van der Waals surface area contributed by atoms with Crippen molar-refractivity contribution in [3.63, 3.8) is 0 Å². The van der Waals surface area contributed by atoms with Crippen LogP contribution in [0.2, 0.25) is 0 Å². The molecule has 0 aromatic rings. The van der Waals surface area contributed by atoms with Crippen molar-refractivity contribution < 1.29 is 29.4 Å². The van der Waals surface area contributed by atoms with Crippen LogP contribution in [-0.4, -0.2) is 76.1 Å². The number of aliphatic carboxylic acids is 2. The van der Waals surface area contributed by atoms with Gasteiger partial charge in [0, 0.05) is 23.3 Å². The van der Waals surface area contributed by atoms with E-state index in [1.807, 2.05) is 20.1 Å². The first-order chi connectivity index (χ1) is 12.0. The van der Waals surface area contributed by atoms with Gasteiger partial charge in [0.2, 0.25) is 0 Å². The molecule has 0 saturated heterocycles. The van der Waals surface area contributed by atoms with E-state index < -0.39 is 30.1 Å². The Kier molecular flexibility index (Phi) is 15.6. The number of nitrogens with zero attached hydrogens (tertiary/aromatic N) is 1. The third-order valence-corrected chi connectivity index (χ3v) is 6.07. The number of nitrogens with two attached hydrogens (primary N) is 2. The molecule has 0 heterocycles. The summed E-state index contributed by atoms with van der Waals surface area (Å²) in [6, 6.07) is -1.85. The summed E-state index contributed by atoms with van der Waals surface area (Å²) < 4.78 is -0.103. The predicted molar refractivity (Wildman–Crippen MR) is 108 cm³/mol. The van der Waals surface area contributed by atoms with Crippen molar-refractivity contribution in [2.75, 3.05) is 24.8 Å². The molecular weight excluding hydrogens is 404 g/mol. The van der Waals surface area contributed by atoms with Gasteiger partial charge in [-0.3, -0.25) is 14.4 Å². The van der Waals surface area contributed by atoms with Crippen LogP contribution in [0.5, 0.6) is 0 Å². The van der Waals surface area contributed by atoms with Crippen LogP contribution in [-0.2, 0) is 14.4 Å². The van der Waals surface area contributed by atoms with Crippen LogP contribution in [0.3, 0.4) is 0 Å². The van der Waals surface area contributed by atoms with Crippen LogP contribution in [0.15, 0.2) is 5.16 Å². The summed E-state index contributed by atoms with van der Waals surface area (Å²) in [4.78, 5) is 35.5. The number of oxime groups is 1. The number of hydrogen-bond acceptors (Lipinski definition) is 10. The molecule has 0 aliphatic heterocycles. The molecule has 152 valence electrons. The smallest absolute Gasteiger partial charge is 0.433 e. The highest BCUT2D eigenvalue weighted by Gasteiger charge is 2.14. The molecule has 1 amide bonds. The largest absolute Gasteiger partial charge is 0.480 e. The zero-order valence-electron chi connectivity index (χ0n) is 15.0. The van der Waals surface area contributed by atoms with Gasteiger partial charge in [-0.1, -0.05) is 26.7 Å². The average molecular weight is 431 g/mol. The quantitative estimate of drug-likeness (QED) is 0.108. The minimum absolute atomic E-state index is 0.103. The van der Waals surface area contributed by atoms with E-state index in [0.29, 0.717) is 0 Å². The highest BCUT2D eigenvalue weighted by Crippen LogP contribution is 2.22. The molecular formula is C13H26N4O6S3. The summed E-state index contributed by atoms with van der Waals surface area (Å²) in [6.07, 6.45) is 3.00. The Labute approximate surface area is 164 Å². The maximum Gasteiger partial charge on any atom is 0.433 e. The Balaban J connectivity index is 0. The number of thioether (sulfide) groups is 1. The molecule has 2 unspecified atom stereocenters. The second-order valence-corrected chi connectivity index (χ2v) is 9.14. The number of carboxylic acids is 2. The molecule has 0 bridgehead atoms. The molecule has 0 spiro atoms. The van der Waals surface area contributed by atoms with Gasteiger partial charge in [-0.15, -0.1) is 0 Å². The number of carbonyl (C=O) groups is 3. The van der Waals surface area contributed by atoms with Gasteiger partial charge in [0.25, 0.3) is 0 Å². The van der Waals surface area contributed by atoms with Crippen LogP contribution < -0.4 is 16.8 Å². The van der Waals surface area contributed by atoms with Gasteiger partial charge in [0.05, 0.1) is 6.21 Å². The zero-order valence-corrected chi connectivity index (χ0v) is 17.4. The molecule has 0 aliphatic carbocycles. The zero-order chi connectivity index (χ0) is 20.8. The third kappa shape index (κ3) is 16.3. The second-order valence-electron chi connectivity index (χ2n) is 5.13. The van der Waals surface area contributed by atoms with Gasteiger partial charge in [-0.25, -0.2) is 4.79 Å².